The van der Waals surface area contributed by atoms with E-state index in [2.05, 4.69) is 39.0 Å². The van der Waals surface area contributed by atoms with Crippen LogP contribution in [0.2, 0.25) is 0 Å². The predicted molar refractivity (Wildman–Crippen MR) is 135 cm³/mol. The van der Waals surface area contributed by atoms with Crippen molar-refractivity contribution in [2.45, 2.75) is 55.9 Å². The minimum atomic E-state index is 0.0907. The Balaban J connectivity index is 1.09. The van der Waals surface area contributed by atoms with Crippen molar-refractivity contribution in [1.82, 2.24) is 19.8 Å². The first kappa shape index (κ1) is 21.8. The number of benzene rings is 1. The second-order valence-corrected chi connectivity index (χ2v) is 10.9. The lowest BCUT2D eigenvalue weighted by Crippen LogP contribution is -2.52. The van der Waals surface area contributed by atoms with Crippen molar-refractivity contribution in [2.75, 3.05) is 56.6 Å². The van der Waals surface area contributed by atoms with E-state index in [1.54, 1.807) is 4.90 Å². The molecule has 4 aliphatic rings. The van der Waals surface area contributed by atoms with Gasteiger partial charge in [-0.2, -0.15) is 0 Å². The van der Waals surface area contributed by atoms with Gasteiger partial charge in [-0.1, -0.05) is 18.2 Å². The molecule has 0 unspecified atom stereocenters. The summed E-state index contributed by atoms with van der Waals surface area (Å²) in [6.45, 7) is 5.15. The number of amides is 2. The first-order valence-electron chi connectivity index (χ1n) is 12.9. The molecule has 1 aromatic carbocycles. The highest BCUT2D eigenvalue weighted by Crippen LogP contribution is 2.47. The molecule has 1 aromatic heterocycles. The molecule has 180 valence electrons. The molecule has 6 rings (SSSR count). The molecular formula is C27H36N6O. The van der Waals surface area contributed by atoms with E-state index < -0.39 is 0 Å². The van der Waals surface area contributed by atoms with E-state index in [0.29, 0.717) is 12.0 Å². The van der Waals surface area contributed by atoms with Gasteiger partial charge < -0.3 is 14.7 Å². The van der Waals surface area contributed by atoms with Gasteiger partial charge in [0.15, 0.2) is 0 Å². The molecule has 3 fully saturated rings. The van der Waals surface area contributed by atoms with Crippen LogP contribution in [0.1, 0.15) is 55.7 Å². The Labute approximate surface area is 202 Å². The van der Waals surface area contributed by atoms with Gasteiger partial charge in [0.05, 0.1) is 11.9 Å². The van der Waals surface area contributed by atoms with E-state index in [9.17, 15) is 4.79 Å². The van der Waals surface area contributed by atoms with Gasteiger partial charge >= 0.3 is 6.03 Å². The molecule has 1 saturated carbocycles. The summed E-state index contributed by atoms with van der Waals surface area (Å²) in [5, 5.41) is 0. The third-order valence-corrected chi connectivity index (χ3v) is 8.54. The average molecular weight is 461 g/mol. The molecule has 0 bridgehead atoms. The number of anilines is 2. The van der Waals surface area contributed by atoms with E-state index in [1.165, 1.54) is 36.9 Å². The number of nitrogens with zero attached hydrogens (tertiary/aromatic N) is 6. The van der Waals surface area contributed by atoms with Gasteiger partial charge in [0.1, 0.15) is 5.82 Å². The summed E-state index contributed by atoms with van der Waals surface area (Å²) in [6, 6.07) is 9.30. The first-order chi connectivity index (χ1) is 16.5. The topological polar surface area (TPSA) is 55.8 Å². The number of likely N-dealkylation sites (tertiary alicyclic amines) is 1. The molecule has 1 spiro atoms. The quantitative estimate of drug-likeness (QED) is 0.696. The van der Waals surface area contributed by atoms with Crippen LogP contribution in [0.3, 0.4) is 0 Å². The fraction of sp³-hybridized carbons (Fsp3) is 0.593. The Morgan fingerprint density at radius 2 is 1.74 bits per heavy atom. The number of urea groups is 1. The smallest absolute Gasteiger partial charge is 0.323 e. The Hall–Kier alpha value is -2.67. The second-order valence-electron chi connectivity index (χ2n) is 10.9. The van der Waals surface area contributed by atoms with E-state index >= 15 is 0 Å². The van der Waals surface area contributed by atoms with Crippen LogP contribution in [0, 0.1) is 0 Å². The third kappa shape index (κ3) is 3.84. The predicted octanol–water partition coefficient (Wildman–Crippen LogP) is 3.86. The third-order valence-electron chi connectivity index (χ3n) is 8.54. The van der Waals surface area contributed by atoms with Crippen molar-refractivity contribution in [3.05, 3.63) is 47.9 Å². The van der Waals surface area contributed by atoms with Gasteiger partial charge in [0.25, 0.3) is 0 Å². The second kappa shape index (κ2) is 8.52. The summed E-state index contributed by atoms with van der Waals surface area (Å²) in [6.07, 6.45) is 11.0. The molecule has 7 heteroatoms. The Morgan fingerprint density at radius 3 is 2.44 bits per heavy atom. The van der Waals surface area contributed by atoms with Gasteiger partial charge in [-0.25, -0.2) is 9.78 Å². The van der Waals surface area contributed by atoms with E-state index in [0.717, 1.165) is 57.1 Å². The van der Waals surface area contributed by atoms with Crippen LogP contribution in [-0.2, 0) is 5.41 Å². The number of aromatic nitrogens is 2. The SMILES string of the molecule is CN(C)C(=O)N1CC2(CCN(C3CCN(c4cncc(C5CC5)n4)CC3)CC2)c2ccccc21. The normalized spacial score (nSPS) is 22.8. The minimum Gasteiger partial charge on any atom is -0.355 e. The summed E-state index contributed by atoms with van der Waals surface area (Å²) >= 11 is 0. The zero-order chi connectivity index (χ0) is 23.3. The number of fused-ring (bicyclic) bond motifs is 2. The lowest BCUT2D eigenvalue weighted by atomic mass is 9.74. The summed E-state index contributed by atoms with van der Waals surface area (Å²) in [5.74, 6) is 1.71. The van der Waals surface area contributed by atoms with Crippen molar-refractivity contribution in [1.29, 1.82) is 0 Å². The molecule has 3 aliphatic heterocycles. The molecule has 4 heterocycles. The van der Waals surface area contributed by atoms with Crippen LogP contribution in [-0.4, -0.2) is 78.7 Å². The monoisotopic (exact) mass is 460 g/mol. The van der Waals surface area contributed by atoms with Crippen LogP contribution in [0.4, 0.5) is 16.3 Å². The van der Waals surface area contributed by atoms with Crippen molar-refractivity contribution >= 4 is 17.5 Å². The standard InChI is InChI=1S/C27H36N6O/c1-30(2)26(34)33-19-27(22-5-3-4-6-24(22)33)11-15-31(16-12-27)21-9-13-32(14-10-21)25-18-28-17-23(29-25)20-7-8-20/h3-6,17-18,20-21H,7-16,19H2,1-2H3. The number of carbonyl (C=O) groups is 1. The Morgan fingerprint density at radius 1 is 1.00 bits per heavy atom. The maximum Gasteiger partial charge on any atom is 0.323 e. The number of para-hydroxylation sites is 1. The van der Waals surface area contributed by atoms with E-state index in [4.69, 9.17) is 4.98 Å². The minimum absolute atomic E-state index is 0.0907. The number of carbonyl (C=O) groups excluding carboxylic acids is 1. The van der Waals surface area contributed by atoms with Crippen molar-refractivity contribution in [3.63, 3.8) is 0 Å². The molecule has 2 aromatic rings. The van der Waals surface area contributed by atoms with Gasteiger partial charge in [0, 0.05) is 63.0 Å². The van der Waals surface area contributed by atoms with Gasteiger partial charge in [0.2, 0.25) is 0 Å². The zero-order valence-electron chi connectivity index (χ0n) is 20.5. The molecular weight excluding hydrogens is 424 g/mol. The van der Waals surface area contributed by atoms with Crippen molar-refractivity contribution < 1.29 is 4.79 Å². The molecule has 2 amide bonds. The van der Waals surface area contributed by atoms with Crippen molar-refractivity contribution in [2.24, 2.45) is 0 Å². The summed E-state index contributed by atoms with van der Waals surface area (Å²) in [5.41, 5.74) is 3.75. The van der Waals surface area contributed by atoms with Crippen LogP contribution in [0.15, 0.2) is 36.7 Å². The number of hydrogen-bond donors (Lipinski definition) is 0. The first-order valence-corrected chi connectivity index (χ1v) is 12.9. The largest absolute Gasteiger partial charge is 0.355 e. The lowest BCUT2D eigenvalue weighted by Gasteiger charge is -2.45. The number of rotatable bonds is 3. The highest BCUT2D eigenvalue weighted by Gasteiger charge is 2.47. The van der Waals surface area contributed by atoms with E-state index in [1.807, 2.05) is 31.4 Å². The molecule has 7 nitrogen and oxygen atoms in total. The lowest BCUT2D eigenvalue weighted by molar-refractivity contribution is 0.104. The molecule has 1 aliphatic carbocycles. The van der Waals surface area contributed by atoms with Gasteiger partial charge in [-0.15, -0.1) is 0 Å². The summed E-state index contributed by atoms with van der Waals surface area (Å²) in [4.78, 5) is 31.1. The van der Waals surface area contributed by atoms with Crippen LogP contribution in [0.25, 0.3) is 0 Å². The van der Waals surface area contributed by atoms with Crippen molar-refractivity contribution in [3.8, 4) is 0 Å². The molecule has 34 heavy (non-hydrogen) atoms. The average Bonchev–Trinajstić information content (AvgIpc) is 3.69. The molecule has 0 radical (unpaired) electrons. The fourth-order valence-electron chi connectivity index (χ4n) is 6.35. The maximum atomic E-state index is 12.9. The summed E-state index contributed by atoms with van der Waals surface area (Å²) in [7, 11) is 3.69. The van der Waals surface area contributed by atoms with Crippen LogP contribution < -0.4 is 9.80 Å². The van der Waals surface area contributed by atoms with Gasteiger partial charge in [-0.05, 0) is 63.2 Å². The molecule has 0 atom stereocenters. The fourth-order valence-corrected chi connectivity index (χ4v) is 6.35. The van der Waals surface area contributed by atoms with E-state index in [-0.39, 0.29) is 11.4 Å². The maximum absolute atomic E-state index is 12.9. The zero-order valence-corrected chi connectivity index (χ0v) is 20.5. The number of piperidine rings is 2. The number of hydrogen-bond acceptors (Lipinski definition) is 5. The van der Waals surface area contributed by atoms with Gasteiger partial charge in [-0.3, -0.25) is 9.88 Å². The van der Waals surface area contributed by atoms with Crippen LogP contribution >= 0.6 is 0 Å². The Bertz CT molecular complexity index is 1050. The molecule has 2 saturated heterocycles. The van der Waals surface area contributed by atoms with Crippen LogP contribution in [0.5, 0.6) is 0 Å². The highest BCUT2D eigenvalue weighted by atomic mass is 16.2. The summed E-state index contributed by atoms with van der Waals surface area (Å²) < 4.78 is 0. The molecule has 0 N–H and O–H groups in total. The highest BCUT2D eigenvalue weighted by molar-refractivity contribution is 5.95. The Kier molecular flexibility index (Phi) is 5.47.